The first-order chi connectivity index (χ1) is 8.58. The fourth-order valence-corrected chi connectivity index (χ4v) is 2.72. The van der Waals surface area contributed by atoms with Crippen molar-refractivity contribution in [1.29, 1.82) is 0 Å². The lowest BCUT2D eigenvalue weighted by molar-refractivity contribution is -0.144. The summed E-state index contributed by atoms with van der Waals surface area (Å²) >= 11 is 0. The van der Waals surface area contributed by atoms with Crippen LogP contribution in [0.2, 0.25) is 0 Å². The van der Waals surface area contributed by atoms with Crippen LogP contribution in [0.4, 0.5) is 0 Å². The van der Waals surface area contributed by atoms with E-state index in [1.54, 1.807) is 4.90 Å². The van der Waals surface area contributed by atoms with Gasteiger partial charge in [-0.3, -0.25) is 14.4 Å². The largest absolute Gasteiger partial charge is 0.481 e. The molecule has 2 unspecified atom stereocenters. The molecule has 0 aromatic carbocycles. The zero-order valence-electron chi connectivity index (χ0n) is 10.2. The lowest BCUT2D eigenvalue weighted by Crippen LogP contribution is -2.47. The molecular weight excluding hydrogens is 236 g/mol. The van der Waals surface area contributed by atoms with Crippen LogP contribution in [-0.4, -0.2) is 46.9 Å². The van der Waals surface area contributed by atoms with E-state index in [4.69, 9.17) is 5.11 Å². The average molecular weight is 254 g/mol. The molecule has 0 spiro atoms. The smallest absolute Gasteiger partial charge is 0.305 e. The van der Waals surface area contributed by atoms with E-state index in [0.29, 0.717) is 13.1 Å². The van der Waals surface area contributed by atoms with Crippen LogP contribution in [0.5, 0.6) is 0 Å². The number of hydrogen-bond acceptors (Lipinski definition) is 3. The van der Waals surface area contributed by atoms with Crippen molar-refractivity contribution >= 4 is 17.8 Å². The predicted molar refractivity (Wildman–Crippen MR) is 62.7 cm³/mol. The van der Waals surface area contributed by atoms with Crippen molar-refractivity contribution in [2.75, 3.05) is 13.1 Å². The minimum absolute atomic E-state index is 0.000164. The number of hydrogen-bond donors (Lipinski definition) is 2. The van der Waals surface area contributed by atoms with Crippen molar-refractivity contribution in [2.45, 2.75) is 38.1 Å². The number of rotatable bonds is 3. The maximum Gasteiger partial charge on any atom is 0.305 e. The summed E-state index contributed by atoms with van der Waals surface area (Å²) in [4.78, 5) is 35.9. The molecular formula is C12H18N2O4. The van der Waals surface area contributed by atoms with Gasteiger partial charge in [0.2, 0.25) is 11.8 Å². The average Bonchev–Trinajstić information content (AvgIpc) is 2.75. The van der Waals surface area contributed by atoms with E-state index in [1.165, 1.54) is 0 Å². The second kappa shape index (κ2) is 5.37. The lowest BCUT2D eigenvalue weighted by Gasteiger charge is -2.36. The van der Waals surface area contributed by atoms with Crippen molar-refractivity contribution in [2.24, 2.45) is 5.92 Å². The van der Waals surface area contributed by atoms with Gasteiger partial charge in [-0.15, -0.1) is 0 Å². The first kappa shape index (κ1) is 12.9. The summed E-state index contributed by atoms with van der Waals surface area (Å²) in [5, 5.41) is 11.5. The highest BCUT2D eigenvalue weighted by atomic mass is 16.4. The molecule has 6 heteroatoms. The number of carbonyl (C=O) groups is 3. The maximum atomic E-state index is 12.3. The summed E-state index contributed by atoms with van der Waals surface area (Å²) in [6.07, 6.45) is 2.85. The molecule has 2 amide bonds. The van der Waals surface area contributed by atoms with Gasteiger partial charge in [-0.2, -0.15) is 0 Å². The zero-order chi connectivity index (χ0) is 13.1. The third kappa shape index (κ3) is 2.80. The SMILES string of the molecule is O=C(O)CC1CCCCN1C(=O)C1CNC(=O)C1. The molecule has 2 saturated heterocycles. The Bertz CT molecular complexity index is 369. The summed E-state index contributed by atoms with van der Waals surface area (Å²) < 4.78 is 0. The minimum Gasteiger partial charge on any atom is -0.481 e. The number of carbonyl (C=O) groups excluding carboxylic acids is 2. The molecule has 2 rings (SSSR count). The monoisotopic (exact) mass is 254 g/mol. The molecule has 2 heterocycles. The van der Waals surface area contributed by atoms with Gasteiger partial charge in [0.1, 0.15) is 0 Å². The highest BCUT2D eigenvalue weighted by Crippen LogP contribution is 2.23. The van der Waals surface area contributed by atoms with Crippen molar-refractivity contribution in [3.05, 3.63) is 0 Å². The van der Waals surface area contributed by atoms with Crippen LogP contribution in [0.25, 0.3) is 0 Å². The Hall–Kier alpha value is -1.59. The molecule has 0 aliphatic carbocycles. The summed E-state index contributed by atoms with van der Waals surface area (Å²) in [6, 6.07) is -0.209. The van der Waals surface area contributed by atoms with Gasteiger partial charge in [-0.25, -0.2) is 0 Å². The van der Waals surface area contributed by atoms with E-state index < -0.39 is 5.97 Å². The molecule has 2 N–H and O–H groups in total. The number of carboxylic acids is 1. The predicted octanol–water partition coefficient (Wildman–Crippen LogP) is -0.0217. The van der Waals surface area contributed by atoms with Crippen molar-refractivity contribution < 1.29 is 19.5 Å². The van der Waals surface area contributed by atoms with Gasteiger partial charge in [0.05, 0.1) is 12.3 Å². The van der Waals surface area contributed by atoms with Gasteiger partial charge < -0.3 is 15.3 Å². The third-order valence-electron chi connectivity index (χ3n) is 3.65. The molecule has 18 heavy (non-hydrogen) atoms. The summed E-state index contributed by atoms with van der Waals surface area (Å²) in [5.74, 6) is -1.35. The number of likely N-dealkylation sites (tertiary alicyclic amines) is 1. The van der Waals surface area contributed by atoms with E-state index >= 15 is 0 Å². The number of piperidine rings is 1. The van der Waals surface area contributed by atoms with Crippen LogP contribution >= 0.6 is 0 Å². The van der Waals surface area contributed by atoms with Crippen LogP contribution < -0.4 is 5.32 Å². The fourth-order valence-electron chi connectivity index (χ4n) is 2.72. The third-order valence-corrected chi connectivity index (χ3v) is 3.65. The number of nitrogens with one attached hydrogen (secondary N) is 1. The Morgan fingerprint density at radius 3 is 2.78 bits per heavy atom. The Morgan fingerprint density at radius 2 is 2.17 bits per heavy atom. The molecule has 0 aromatic rings. The van der Waals surface area contributed by atoms with Crippen molar-refractivity contribution in [1.82, 2.24) is 10.2 Å². The van der Waals surface area contributed by atoms with E-state index in [9.17, 15) is 14.4 Å². The van der Waals surface area contributed by atoms with E-state index in [0.717, 1.165) is 19.3 Å². The second-order valence-electron chi connectivity index (χ2n) is 4.98. The molecule has 2 atom stereocenters. The standard InChI is InChI=1S/C12H18N2O4/c15-10-5-8(7-13-10)12(18)14-4-2-1-3-9(14)6-11(16)17/h8-9H,1-7H2,(H,13,15)(H,16,17). The van der Waals surface area contributed by atoms with Gasteiger partial charge in [0, 0.05) is 25.6 Å². The summed E-state index contributed by atoms with van der Waals surface area (Å²) in [6.45, 7) is 0.995. The van der Waals surface area contributed by atoms with E-state index in [-0.39, 0.29) is 36.6 Å². The highest BCUT2D eigenvalue weighted by Gasteiger charge is 2.35. The number of carboxylic acid groups (broad SMARTS) is 1. The van der Waals surface area contributed by atoms with E-state index in [2.05, 4.69) is 5.32 Å². The van der Waals surface area contributed by atoms with Crippen LogP contribution in [-0.2, 0) is 14.4 Å². The quantitative estimate of drug-likeness (QED) is 0.741. The molecule has 2 aliphatic heterocycles. The van der Waals surface area contributed by atoms with Gasteiger partial charge in [-0.1, -0.05) is 0 Å². The molecule has 0 radical (unpaired) electrons. The van der Waals surface area contributed by atoms with Crippen LogP contribution in [0.15, 0.2) is 0 Å². The maximum absolute atomic E-state index is 12.3. The Balaban J connectivity index is 2.01. The molecule has 0 aromatic heterocycles. The first-order valence-electron chi connectivity index (χ1n) is 6.37. The molecule has 6 nitrogen and oxygen atoms in total. The Labute approximate surface area is 105 Å². The van der Waals surface area contributed by atoms with Crippen molar-refractivity contribution in [3.63, 3.8) is 0 Å². The van der Waals surface area contributed by atoms with Gasteiger partial charge in [-0.05, 0) is 19.3 Å². The zero-order valence-corrected chi connectivity index (χ0v) is 10.2. The lowest BCUT2D eigenvalue weighted by atomic mass is 9.96. The molecule has 2 aliphatic rings. The Kier molecular flexibility index (Phi) is 3.84. The molecule has 0 bridgehead atoms. The van der Waals surface area contributed by atoms with Gasteiger partial charge in [0.25, 0.3) is 0 Å². The number of aliphatic carboxylic acids is 1. The molecule has 0 saturated carbocycles. The van der Waals surface area contributed by atoms with Crippen LogP contribution in [0.1, 0.15) is 32.1 Å². The van der Waals surface area contributed by atoms with Crippen LogP contribution in [0.3, 0.4) is 0 Å². The second-order valence-corrected chi connectivity index (χ2v) is 4.98. The van der Waals surface area contributed by atoms with Crippen LogP contribution in [0, 0.1) is 5.92 Å². The fraction of sp³-hybridized carbons (Fsp3) is 0.750. The number of nitrogens with zero attached hydrogens (tertiary/aromatic N) is 1. The van der Waals surface area contributed by atoms with Gasteiger partial charge in [0.15, 0.2) is 0 Å². The topological polar surface area (TPSA) is 86.7 Å². The summed E-state index contributed by atoms with van der Waals surface area (Å²) in [5.41, 5.74) is 0. The molecule has 2 fully saturated rings. The van der Waals surface area contributed by atoms with E-state index in [1.807, 2.05) is 0 Å². The first-order valence-corrected chi connectivity index (χ1v) is 6.37. The highest BCUT2D eigenvalue weighted by molar-refractivity contribution is 5.89. The normalized spacial score (nSPS) is 28.0. The Morgan fingerprint density at radius 1 is 1.39 bits per heavy atom. The minimum atomic E-state index is -0.875. The van der Waals surface area contributed by atoms with Crippen molar-refractivity contribution in [3.8, 4) is 0 Å². The molecule has 100 valence electrons. The number of amides is 2. The van der Waals surface area contributed by atoms with Gasteiger partial charge >= 0.3 is 5.97 Å². The summed E-state index contributed by atoms with van der Waals surface area (Å²) in [7, 11) is 0.